The second-order valence-corrected chi connectivity index (χ2v) is 5.31. The van der Waals surface area contributed by atoms with Crippen LogP contribution in [0, 0.1) is 5.92 Å². The Bertz CT molecular complexity index is 311. The van der Waals surface area contributed by atoms with Gasteiger partial charge in [-0.15, -0.1) is 0 Å². The van der Waals surface area contributed by atoms with Gasteiger partial charge in [-0.05, 0) is 37.4 Å². The Kier molecular flexibility index (Phi) is 6.07. The molecule has 90 valence electrons. The van der Waals surface area contributed by atoms with Gasteiger partial charge in [-0.2, -0.15) is 0 Å². The fourth-order valence-corrected chi connectivity index (χ4v) is 2.59. The standard InChI is InChI=1S/C14H22BrN/c1-4-7-11(2)14(16-3)10-12-8-5-6-9-13(12)15/h5-6,8-9,11,14,16H,4,7,10H2,1-3H3. The first-order valence-corrected chi connectivity index (χ1v) is 6.89. The number of nitrogens with one attached hydrogen (secondary N) is 1. The van der Waals surface area contributed by atoms with Crippen molar-refractivity contribution in [2.45, 2.75) is 39.2 Å². The molecule has 1 aromatic rings. The maximum absolute atomic E-state index is 3.61. The van der Waals surface area contributed by atoms with E-state index in [9.17, 15) is 0 Å². The third-order valence-electron chi connectivity index (χ3n) is 3.20. The summed E-state index contributed by atoms with van der Waals surface area (Å²) in [4.78, 5) is 0. The lowest BCUT2D eigenvalue weighted by atomic mass is 9.92. The lowest BCUT2D eigenvalue weighted by Gasteiger charge is -2.23. The van der Waals surface area contributed by atoms with Gasteiger partial charge in [0, 0.05) is 10.5 Å². The van der Waals surface area contributed by atoms with Gasteiger partial charge >= 0.3 is 0 Å². The third-order valence-corrected chi connectivity index (χ3v) is 3.97. The van der Waals surface area contributed by atoms with E-state index in [1.165, 1.54) is 22.9 Å². The molecular weight excluding hydrogens is 262 g/mol. The first-order valence-electron chi connectivity index (χ1n) is 6.09. The van der Waals surface area contributed by atoms with Crippen molar-refractivity contribution in [2.75, 3.05) is 7.05 Å². The van der Waals surface area contributed by atoms with Gasteiger partial charge in [0.25, 0.3) is 0 Å². The molecule has 1 rings (SSSR count). The molecule has 0 aliphatic carbocycles. The highest BCUT2D eigenvalue weighted by molar-refractivity contribution is 9.10. The minimum absolute atomic E-state index is 0.568. The highest BCUT2D eigenvalue weighted by Gasteiger charge is 2.15. The van der Waals surface area contributed by atoms with Crippen molar-refractivity contribution in [3.05, 3.63) is 34.3 Å². The summed E-state index contributed by atoms with van der Waals surface area (Å²) in [6, 6.07) is 9.06. The van der Waals surface area contributed by atoms with Crippen LogP contribution in [0.25, 0.3) is 0 Å². The monoisotopic (exact) mass is 283 g/mol. The topological polar surface area (TPSA) is 12.0 Å². The molecule has 16 heavy (non-hydrogen) atoms. The summed E-state index contributed by atoms with van der Waals surface area (Å²) in [5, 5.41) is 3.44. The van der Waals surface area contributed by atoms with E-state index in [0.29, 0.717) is 6.04 Å². The summed E-state index contributed by atoms with van der Waals surface area (Å²) in [7, 11) is 2.06. The predicted octanol–water partition coefficient (Wildman–Crippen LogP) is 4.02. The van der Waals surface area contributed by atoms with Gasteiger partial charge in [-0.3, -0.25) is 0 Å². The van der Waals surface area contributed by atoms with Gasteiger partial charge in [0.05, 0.1) is 0 Å². The number of hydrogen-bond donors (Lipinski definition) is 1. The Morgan fingerprint density at radius 1 is 1.31 bits per heavy atom. The van der Waals surface area contributed by atoms with E-state index in [1.807, 2.05) is 0 Å². The van der Waals surface area contributed by atoms with Crippen LogP contribution in [0.2, 0.25) is 0 Å². The molecule has 2 unspecified atom stereocenters. The Hall–Kier alpha value is -0.340. The summed E-state index contributed by atoms with van der Waals surface area (Å²) in [5.41, 5.74) is 1.39. The fraction of sp³-hybridized carbons (Fsp3) is 0.571. The second kappa shape index (κ2) is 7.08. The molecule has 2 atom stereocenters. The van der Waals surface area contributed by atoms with Crippen LogP contribution in [0.1, 0.15) is 32.3 Å². The number of hydrogen-bond acceptors (Lipinski definition) is 1. The smallest absolute Gasteiger partial charge is 0.0207 e. The zero-order chi connectivity index (χ0) is 12.0. The molecule has 0 aromatic heterocycles. The van der Waals surface area contributed by atoms with Crippen LogP contribution < -0.4 is 5.32 Å². The van der Waals surface area contributed by atoms with E-state index >= 15 is 0 Å². The first kappa shape index (κ1) is 13.7. The summed E-state index contributed by atoms with van der Waals surface area (Å²) >= 11 is 3.61. The van der Waals surface area contributed by atoms with Gasteiger partial charge in [-0.25, -0.2) is 0 Å². The van der Waals surface area contributed by atoms with Crippen LogP contribution in [-0.4, -0.2) is 13.1 Å². The van der Waals surface area contributed by atoms with E-state index in [1.54, 1.807) is 0 Å². The van der Waals surface area contributed by atoms with E-state index < -0.39 is 0 Å². The molecule has 1 N–H and O–H groups in total. The van der Waals surface area contributed by atoms with Crippen molar-refractivity contribution >= 4 is 15.9 Å². The van der Waals surface area contributed by atoms with Crippen LogP contribution in [0.15, 0.2) is 28.7 Å². The average Bonchev–Trinajstić information content (AvgIpc) is 2.28. The minimum atomic E-state index is 0.568. The Morgan fingerprint density at radius 3 is 2.56 bits per heavy atom. The molecule has 0 fully saturated rings. The molecule has 0 spiro atoms. The van der Waals surface area contributed by atoms with Crippen molar-refractivity contribution in [2.24, 2.45) is 5.92 Å². The van der Waals surface area contributed by atoms with E-state index in [-0.39, 0.29) is 0 Å². The van der Waals surface area contributed by atoms with Crippen LogP contribution in [-0.2, 0) is 6.42 Å². The van der Waals surface area contributed by atoms with E-state index in [4.69, 9.17) is 0 Å². The van der Waals surface area contributed by atoms with Gasteiger partial charge in [0.1, 0.15) is 0 Å². The average molecular weight is 284 g/mol. The van der Waals surface area contributed by atoms with Crippen molar-refractivity contribution in [3.63, 3.8) is 0 Å². The quantitative estimate of drug-likeness (QED) is 0.832. The highest BCUT2D eigenvalue weighted by Crippen LogP contribution is 2.21. The maximum atomic E-state index is 3.61. The molecule has 0 amide bonds. The molecule has 0 bridgehead atoms. The lowest BCUT2D eigenvalue weighted by Crippen LogP contribution is -2.34. The normalized spacial score (nSPS) is 14.8. The zero-order valence-corrected chi connectivity index (χ0v) is 12.0. The second-order valence-electron chi connectivity index (χ2n) is 4.46. The highest BCUT2D eigenvalue weighted by atomic mass is 79.9. The van der Waals surface area contributed by atoms with Crippen LogP contribution in [0.5, 0.6) is 0 Å². The molecule has 2 heteroatoms. The maximum Gasteiger partial charge on any atom is 0.0207 e. The van der Waals surface area contributed by atoms with Gasteiger partial charge in [0.15, 0.2) is 0 Å². The summed E-state index contributed by atoms with van der Waals surface area (Å²) in [6.45, 7) is 4.59. The largest absolute Gasteiger partial charge is 0.316 e. The van der Waals surface area contributed by atoms with E-state index in [2.05, 4.69) is 66.4 Å². The Labute approximate surface area is 108 Å². The van der Waals surface area contributed by atoms with Gasteiger partial charge in [-0.1, -0.05) is 54.4 Å². The molecule has 0 heterocycles. The summed E-state index contributed by atoms with van der Waals surface area (Å²) < 4.78 is 1.22. The molecule has 1 nitrogen and oxygen atoms in total. The number of halogens is 1. The SMILES string of the molecule is CCCC(C)C(Cc1ccccc1Br)NC. The third kappa shape index (κ3) is 3.91. The number of likely N-dealkylation sites (N-methyl/N-ethyl adjacent to an activating group) is 1. The molecule has 0 radical (unpaired) electrons. The number of rotatable bonds is 6. The Morgan fingerprint density at radius 2 is 2.00 bits per heavy atom. The van der Waals surface area contributed by atoms with Crippen molar-refractivity contribution < 1.29 is 0 Å². The van der Waals surface area contributed by atoms with Crippen molar-refractivity contribution in [1.29, 1.82) is 0 Å². The van der Waals surface area contributed by atoms with Crippen LogP contribution in [0.3, 0.4) is 0 Å². The van der Waals surface area contributed by atoms with Crippen LogP contribution in [0.4, 0.5) is 0 Å². The summed E-state index contributed by atoms with van der Waals surface area (Å²) in [5.74, 6) is 0.724. The van der Waals surface area contributed by atoms with Crippen molar-refractivity contribution in [1.82, 2.24) is 5.32 Å². The number of benzene rings is 1. The molecular formula is C14H22BrN. The first-order chi connectivity index (χ1) is 7.69. The van der Waals surface area contributed by atoms with Gasteiger partial charge < -0.3 is 5.32 Å². The van der Waals surface area contributed by atoms with Crippen molar-refractivity contribution in [3.8, 4) is 0 Å². The Balaban J connectivity index is 2.66. The minimum Gasteiger partial charge on any atom is -0.316 e. The molecule has 0 aliphatic rings. The lowest BCUT2D eigenvalue weighted by molar-refractivity contribution is 0.371. The van der Waals surface area contributed by atoms with E-state index in [0.717, 1.165) is 12.3 Å². The van der Waals surface area contributed by atoms with Crippen LogP contribution >= 0.6 is 15.9 Å². The predicted molar refractivity (Wildman–Crippen MR) is 74.8 cm³/mol. The molecule has 0 saturated carbocycles. The van der Waals surface area contributed by atoms with Gasteiger partial charge in [0.2, 0.25) is 0 Å². The fourth-order valence-electron chi connectivity index (χ4n) is 2.15. The molecule has 0 saturated heterocycles. The summed E-state index contributed by atoms with van der Waals surface area (Å²) in [6.07, 6.45) is 3.64. The molecule has 1 aromatic carbocycles. The molecule has 0 aliphatic heterocycles. The zero-order valence-electron chi connectivity index (χ0n) is 10.5.